The molecule has 7 nitrogen and oxygen atoms in total. The molecular weight excluding hydrogens is 248 g/mol. The molecule has 1 heterocycles. The van der Waals surface area contributed by atoms with Gasteiger partial charge in [0.25, 0.3) is 5.91 Å². The van der Waals surface area contributed by atoms with Gasteiger partial charge in [-0.25, -0.2) is 0 Å². The number of ether oxygens (including phenoxy) is 1. The van der Waals surface area contributed by atoms with Gasteiger partial charge in [0.1, 0.15) is 0 Å². The van der Waals surface area contributed by atoms with Crippen molar-refractivity contribution in [2.45, 2.75) is 6.92 Å². The second-order valence-electron chi connectivity index (χ2n) is 3.95. The van der Waals surface area contributed by atoms with E-state index in [1.807, 2.05) is 0 Å². The van der Waals surface area contributed by atoms with Crippen molar-refractivity contribution in [3.8, 4) is 11.5 Å². The van der Waals surface area contributed by atoms with Crippen molar-refractivity contribution in [1.82, 2.24) is 10.2 Å². The predicted octanol–water partition coefficient (Wildman–Crippen LogP) is 1.27. The SMILES string of the molecule is COc1ccc(C(=O)Nc2n[nH]c(C)c2N)cc1O. The Bertz CT molecular complexity index is 621. The van der Waals surface area contributed by atoms with Gasteiger partial charge in [-0.15, -0.1) is 0 Å². The number of hydrogen-bond donors (Lipinski definition) is 4. The number of aromatic hydroxyl groups is 1. The molecule has 0 saturated carbocycles. The number of phenols is 1. The summed E-state index contributed by atoms with van der Waals surface area (Å²) in [5, 5.41) is 18.7. The van der Waals surface area contributed by atoms with Gasteiger partial charge in [-0.2, -0.15) is 5.10 Å². The number of aromatic nitrogens is 2. The molecular formula is C12H14N4O3. The van der Waals surface area contributed by atoms with Gasteiger partial charge in [0.05, 0.1) is 18.5 Å². The molecule has 0 bridgehead atoms. The van der Waals surface area contributed by atoms with Crippen LogP contribution < -0.4 is 15.8 Å². The molecule has 0 fully saturated rings. The van der Waals surface area contributed by atoms with Gasteiger partial charge in [-0.1, -0.05) is 0 Å². The smallest absolute Gasteiger partial charge is 0.257 e. The quantitative estimate of drug-likeness (QED) is 0.665. The summed E-state index contributed by atoms with van der Waals surface area (Å²) in [4.78, 5) is 12.0. The number of amides is 1. The van der Waals surface area contributed by atoms with Gasteiger partial charge in [0.2, 0.25) is 0 Å². The van der Waals surface area contributed by atoms with Gasteiger partial charge < -0.3 is 20.9 Å². The van der Waals surface area contributed by atoms with Crippen LogP contribution in [0.5, 0.6) is 11.5 Å². The topological polar surface area (TPSA) is 113 Å². The molecule has 0 aliphatic heterocycles. The van der Waals surface area contributed by atoms with Crippen LogP contribution >= 0.6 is 0 Å². The summed E-state index contributed by atoms with van der Waals surface area (Å²) in [5.74, 6) is 0.0296. The Balaban J connectivity index is 2.21. The first kappa shape index (κ1) is 12.7. The number of nitrogens with zero attached hydrogens (tertiary/aromatic N) is 1. The van der Waals surface area contributed by atoms with Crippen LogP contribution in [0.15, 0.2) is 18.2 Å². The summed E-state index contributed by atoms with van der Waals surface area (Å²) < 4.78 is 4.90. The second-order valence-corrected chi connectivity index (χ2v) is 3.95. The number of benzene rings is 1. The minimum Gasteiger partial charge on any atom is -0.504 e. The Morgan fingerprint density at radius 1 is 1.53 bits per heavy atom. The molecule has 1 amide bonds. The van der Waals surface area contributed by atoms with Gasteiger partial charge in [-0.3, -0.25) is 9.89 Å². The van der Waals surface area contributed by atoms with Gasteiger partial charge in [0.15, 0.2) is 17.3 Å². The van der Waals surface area contributed by atoms with E-state index < -0.39 is 5.91 Å². The molecule has 0 aliphatic carbocycles. The zero-order valence-electron chi connectivity index (χ0n) is 10.5. The van der Waals surface area contributed by atoms with Crippen LogP contribution in [-0.4, -0.2) is 28.3 Å². The fourth-order valence-corrected chi connectivity index (χ4v) is 1.54. The molecule has 0 radical (unpaired) electrons. The zero-order chi connectivity index (χ0) is 14.0. The number of hydrogen-bond acceptors (Lipinski definition) is 5. The van der Waals surface area contributed by atoms with Crippen LogP contribution in [0.2, 0.25) is 0 Å². The zero-order valence-corrected chi connectivity index (χ0v) is 10.5. The van der Waals surface area contributed by atoms with E-state index in [1.165, 1.54) is 25.3 Å². The van der Waals surface area contributed by atoms with Crippen molar-refractivity contribution in [3.63, 3.8) is 0 Å². The highest BCUT2D eigenvalue weighted by atomic mass is 16.5. The number of methoxy groups -OCH3 is 1. The Morgan fingerprint density at radius 2 is 2.26 bits per heavy atom. The first-order valence-electron chi connectivity index (χ1n) is 5.51. The van der Waals surface area contributed by atoms with Crippen LogP contribution in [0.3, 0.4) is 0 Å². The number of aromatic amines is 1. The number of phenolic OH excluding ortho intramolecular Hbond substituents is 1. The molecule has 0 unspecified atom stereocenters. The molecule has 100 valence electrons. The molecule has 5 N–H and O–H groups in total. The lowest BCUT2D eigenvalue weighted by Gasteiger charge is -2.06. The van der Waals surface area contributed by atoms with Crippen LogP contribution in [0.1, 0.15) is 16.1 Å². The normalized spacial score (nSPS) is 10.2. The highest BCUT2D eigenvalue weighted by molar-refractivity contribution is 6.05. The van der Waals surface area contributed by atoms with E-state index >= 15 is 0 Å². The molecule has 0 saturated heterocycles. The van der Waals surface area contributed by atoms with Crippen molar-refractivity contribution in [2.24, 2.45) is 0 Å². The first-order valence-corrected chi connectivity index (χ1v) is 5.51. The Labute approximate surface area is 109 Å². The summed E-state index contributed by atoms with van der Waals surface area (Å²) in [6.07, 6.45) is 0. The lowest BCUT2D eigenvalue weighted by atomic mass is 10.2. The standard InChI is InChI=1S/C12H14N4O3/c1-6-10(13)11(16-15-6)14-12(18)7-3-4-9(19-2)8(17)5-7/h3-5,17H,13H2,1-2H3,(H2,14,15,16,18). The molecule has 2 rings (SSSR count). The minimum atomic E-state index is -0.420. The first-order chi connectivity index (χ1) is 9.02. The molecule has 1 aromatic carbocycles. The fourth-order valence-electron chi connectivity index (χ4n) is 1.54. The molecule has 0 atom stereocenters. The van der Waals surface area contributed by atoms with Crippen molar-refractivity contribution in [1.29, 1.82) is 0 Å². The number of rotatable bonds is 3. The van der Waals surface area contributed by atoms with Crippen molar-refractivity contribution in [3.05, 3.63) is 29.5 Å². The summed E-state index contributed by atoms with van der Waals surface area (Å²) >= 11 is 0. The van der Waals surface area contributed by atoms with E-state index in [4.69, 9.17) is 10.5 Å². The van der Waals surface area contributed by atoms with Gasteiger partial charge >= 0.3 is 0 Å². The number of carbonyl (C=O) groups is 1. The van der Waals surface area contributed by atoms with E-state index in [0.29, 0.717) is 17.1 Å². The molecule has 0 aliphatic rings. The van der Waals surface area contributed by atoms with Gasteiger partial charge in [0, 0.05) is 5.56 Å². The molecule has 2 aromatic rings. The fraction of sp³-hybridized carbons (Fsp3) is 0.167. The molecule has 19 heavy (non-hydrogen) atoms. The van der Waals surface area contributed by atoms with E-state index in [1.54, 1.807) is 6.92 Å². The van der Waals surface area contributed by atoms with E-state index in [-0.39, 0.29) is 17.1 Å². The Hall–Kier alpha value is -2.70. The van der Waals surface area contributed by atoms with Crippen molar-refractivity contribution < 1.29 is 14.6 Å². The average molecular weight is 262 g/mol. The second kappa shape index (κ2) is 4.89. The number of nitrogens with two attached hydrogens (primary N) is 1. The Kier molecular flexibility index (Phi) is 3.28. The number of anilines is 2. The Morgan fingerprint density at radius 3 is 2.79 bits per heavy atom. The molecule has 7 heteroatoms. The summed E-state index contributed by atoms with van der Waals surface area (Å²) in [6, 6.07) is 4.34. The largest absolute Gasteiger partial charge is 0.504 e. The van der Waals surface area contributed by atoms with Gasteiger partial charge in [-0.05, 0) is 25.1 Å². The lowest BCUT2D eigenvalue weighted by molar-refractivity contribution is 0.102. The van der Waals surface area contributed by atoms with E-state index in [9.17, 15) is 9.90 Å². The minimum absolute atomic E-state index is 0.110. The maximum absolute atomic E-state index is 12.0. The summed E-state index contributed by atoms with van der Waals surface area (Å²) in [5.41, 5.74) is 7.06. The van der Waals surface area contributed by atoms with Crippen molar-refractivity contribution >= 4 is 17.4 Å². The van der Waals surface area contributed by atoms with Crippen LogP contribution in [0.4, 0.5) is 11.5 Å². The molecule has 1 aromatic heterocycles. The van der Waals surface area contributed by atoms with Crippen LogP contribution in [0.25, 0.3) is 0 Å². The number of nitrogen functional groups attached to an aromatic ring is 1. The highest BCUT2D eigenvalue weighted by Gasteiger charge is 2.13. The van der Waals surface area contributed by atoms with E-state index in [2.05, 4.69) is 15.5 Å². The third-order valence-corrected chi connectivity index (χ3v) is 2.67. The lowest BCUT2D eigenvalue weighted by Crippen LogP contribution is -2.13. The number of aryl methyl sites for hydroxylation is 1. The predicted molar refractivity (Wildman–Crippen MR) is 70.3 cm³/mol. The maximum atomic E-state index is 12.0. The monoisotopic (exact) mass is 262 g/mol. The number of carbonyl (C=O) groups excluding carboxylic acids is 1. The average Bonchev–Trinajstić information content (AvgIpc) is 2.70. The highest BCUT2D eigenvalue weighted by Crippen LogP contribution is 2.27. The third kappa shape index (κ3) is 2.44. The van der Waals surface area contributed by atoms with Crippen LogP contribution in [0, 0.1) is 6.92 Å². The van der Waals surface area contributed by atoms with E-state index in [0.717, 1.165) is 0 Å². The van der Waals surface area contributed by atoms with Crippen molar-refractivity contribution in [2.75, 3.05) is 18.2 Å². The summed E-state index contributed by atoms with van der Waals surface area (Å²) in [6.45, 7) is 1.75. The number of H-pyrrole nitrogens is 1. The molecule has 0 spiro atoms. The number of nitrogens with one attached hydrogen (secondary N) is 2. The van der Waals surface area contributed by atoms with Crippen LogP contribution in [-0.2, 0) is 0 Å². The maximum Gasteiger partial charge on any atom is 0.257 e. The summed E-state index contributed by atoms with van der Waals surface area (Å²) in [7, 11) is 1.43. The third-order valence-electron chi connectivity index (χ3n) is 2.67.